The van der Waals surface area contributed by atoms with Crippen LogP contribution in [-0.4, -0.2) is 59.5 Å². The molecule has 0 saturated carbocycles. The van der Waals surface area contributed by atoms with Gasteiger partial charge in [-0.15, -0.1) is 0 Å². The molecule has 2 heterocycles. The van der Waals surface area contributed by atoms with E-state index < -0.39 is 45.6 Å². The van der Waals surface area contributed by atoms with E-state index in [-0.39, 0.29) is 10.8 Å². The molecule has 28 heavy (non-hydrogen) atoms. The molecule has 0 fully saturated rings. The molecule has 0 atom stereocenters. The zero-order valence-corrected chi connectivity index (χ0v) is 16.0. The van der Waals surface area contributed by atoms with Crippen LogP contribution in [0.5, 0.6) is 0 Å². The molecule has 2 aromatic heterocycles. The molecule has 0 aliphatic rings. The lowest BCUT2D eigenvalue weighted by atomic mass is 10.3. The van der Waals surface area contributed by atoms with Gasteiger partial charge in [-0.3, -0.25) is 15.2 Å². The fourth-order valence-electron chi connectivity index (χ4n) is 2.13. The Morgan fingerprint density at radius 1 is 1.39 bits per heavy atom. The molecule has 0 bridgehead atoms. The van der Waals surface area contributed by atoms with E-state index >= 15 is 0 Å². The van der Waals surface area contributed by atoms with E-state index in [1.807, 2.05) is 0 Å². The number of alkyl halides is 3. The maximum Gasteiger partial charge on any atom is 0.390 e. The predicted molar refractivity (Wildman–Crippen MR) is 96.8 cm³/mol. The monoisotopic (exact) mass is 437 g/mol. The van der Waals surface area contributed by atoms with Gasteiger partial charge in [-0.2, -0.15) is 18.3 Å². The first-order chi connectivity index (χ1) is 12.9. The standard InChI is InChI=1S/C15H15ClF3N5O3S/c1-23(12-8-24(22-13(12)16)10-3-2-5-21-7-10)14(25)11(20)9-28(26,27)6-4-15(17,18)19/h2-3,5,7-8,20H,4,6,9H2,1H3. The van der Waals surface area contributed by atoms with Gasteiger partial charge in [0.2, 0.25) is 0 Å². The van der Waals surface area contributed by atoms with Gasteiger partial charge in [0.05, 0.1) is 36.0 Å². The van der Waals surface area contributed by atoms with Crippen molar-refractivity contribution < 1.29 is 26.4 Å². The molecule has 0 aliphatic carbocycles. The molecular formula is C15H15ClF3N5O3S. The lowest BCUT2D eigenvalue weighted by Crippen LogP contribution is -2.37. The summed E-state index contributed by atoms with van der Waals surface area (Å²) in [6.07, 6.45) is -1.78. The number of nitrogens with one attached hydrogen (secondary N) is 1. The van der Waals surface area contributed by atoms with Gasteiger partial charge < -0.3 is 4.90 Å². The summed E-state index contributed by atoms with van der Waals surface area (Å²) in [6.45, 7) is 0. The lowest BCUT2D eigenvalue weighted by Gasteiger charge is -2.16. The van der Waals surface area contributed by atoms with Crippen LogP contribution >= 0.6 is 11.6 Å². The third-order valence-corrected chi connectivity index (χ3v) is 5.37. The lowest BCUT2D eigenvalue weighted by molar-refractivity contribution is -0.129. The molecule has 0 unspecified atom stereocenters. The van der Waals surface area contributed by atoms with E-state index in [1.54, 1.807) is 18.3 Å². The van der Waals surface area contributed by atoms with Crippen molar-refractivity contribution >= 4 is 38.7 Å². The summed E-state index contributed by atoms with van der Waals surface area (Å²) in [5, 5.41) is 11.6. The Balaban J connectivity index is 2.12. The van der Waals surface area contributed by atoms with Gasteiger partial charge in [-0.1, -0.05) is 11.6 Å². The van der Waals surface area contributed by atoms with Crippen molar-refractivity contribution in [1.29, 1.82) is 5.41 Å². The van der Waals surface area contributed by atoms with Gasteiger partial charge in [0, 0.05) is 13.2 Å². The molecule has 2 aromatic rings. The number of pyridine rings is 1. The quantitative estimate of drug-likeness (QED) is 0.668. The molecule has 1 amide bonds. The Morgan fingerprint density at radius 3 is 2.64 bits per heavy atom. The van der Waals surface area contributed by atoms with Crippen molar-refractivity contribution in [3.63, 3.8) is 0 Å². The fraction of sp³-hybridized carbons (Fsp3) is 0.333. The SMILES string of the molecule is CN(C(=O)C(=N)CS(=O)(=O)CCC(F)(F)F)c1cn(-c2cccnc2)nc1Cl. The van der Waals surface area contributed by atoms with Crippen molar-refractivity contribution in [2.24, 2.45) is 0 Å². The summed E-state index contributed by atoms with van der Waals surface area (Å²) >= 11 is 6.01. The number of aromatic nitrogens is 3. The zero-order valence-electron chi connectivity index (χ0n) is 14.4. The number of nitrogens with zero attached hydrogens (tertiary/aromatic N) is 4. The predicted octanol–water partition coefficient (Wildman–Crippen LogP) is 2.27. The smallest absolute Gasteiger partial charge is 0.306 e. The first-order valence-corrected chi connectivity index (χ1v) is 9.88. The van der Waals surface area contributed by atoms with Crippen LogP contribution in [0.25, 0.3) is 5.69 Å². The molecule has 0 spiro atoms. The molecule has 0 aliphatic heterocycles. The van der Waals surface area contributed by atoms with Gasteiger partial charge in [0.25, 0.3) is 5.91 Å². The Labute approximate surface area is 163 Å². The van der Waals surface area contributed by atoms with Crippen molar-refractivity contribution in [2.75, 3.05) is 23.5 Å². The number of carbonyl (C=O) groups excluding carboxylic acids is 1. The van der Waals surface area contributed by atoms with Crippen LogP contribution in [0, 0.1) is 5.41 Å². The highest BCUT2D eigenvalue weighted by molar-refractivity contribution is 7.92. The van der Waals surface area contributed by atoms with Crippen molar-refractivity contribution in [3.05, 3.63) is 35.9 Å². The highest BCUT2D eigenvalue weighted by Gasteiger charge is 2.31. The number of rotatable bonds is 7. The molecule has 0 radical (unpaired) electrons. The maximum absolute atomic E-state index is 12.3. The van der Waals surface area contributed by atoms with Crippen LogP contribution in [-0.2, 0) is 14.6 Å². The molecule has 152 valence electrons. The molecule has 0 saturated heterocycles. The van der Waals surface area contributed by atoms with E-state index in [4.69, 9.17) is 17.0 Å². The minimum Gasteiger partial charge on any atom is -0.306 e. The van der Waals surface area contributed by atoms with Crippen LogP contribution in [0.15, 0.2) is 30.7 Å². The fourth-order valence-corrected chi connectivity index (χ4v) is 3.63. The van der Waals surface area contributed by atoms with E-state index in [9.17, 15) is 26.4 Å². The van der Waals surface area contributed by atoms with E-state index in [0.29, 0.717) is 5.69 Å². The molecule has 0 aromatic carbocycles. The number of sulfone groups is 1. The highest BCUT2D eigenvalue weighted by Crippen LogP contribution is 2.25. The minimum atomic E-state index is -4.65. The van der Waals surface area contributed by atoms with Crippen LogP contribution in [0.2, 0.25) is 5.15 Å². The van der Waals surface area contributed by atoms with Gasteiger partial charge in [-0.05, 0) is 12.1 Å². The van der Waals surface area contributed by atoms with Gasteiger partial charge >= 0.3 is 6.18 Å². The molecular weight excluding hydrogens is 423 g/mol. The summed E-state index contributed by atoms with van der Waals surface area (Å²) in [4.78, 5) is 17.2. The maximum atomic E-state index is 12.3. The average Bonchev–Trinajstić information content (AvgIpc) is 3.00. The second-order valence-electron chi connectivity index (χ2n) is 5.76. The normalized spacial score (nSPS) is 12.0. The van der Waals surface area contributed by atoms with Gasteiger partial charge in [0.1, 0.15) is 11.4 Å². The molecule has 1 N–H and O–H groups in total. The minimum absolute atomic E-state index is 0.0903. The van der Waals surface area contributed by atoms with E-state index in [2.05, 4.69) is 10.1 Å². The third-order valence-electron chi connectivity index (χ3n) is 3.55. The zero-order chi connectivity index (χ0) is 21.1. The average molecular weight is 438 g/mol. The highest BCUT2D eigenvalue weighted by atomic mass is 35.5. The molecule has 8 nitrogen and oxygen atoms in total. The second-order valence-corrected chi connectivity index (χ2v) is 8.30. The second kappa shape index (κ2) is 8.27. The number of anilines is 1. The van der Waals surface area contributed by atoms with E-state index in [0.717, 1.165) is 4.90 Å². The Bertz CT molecular complexity index is 977. The summed E-state index contributed by atoms with van der Waals surface area (Å²) in [6, 6.07) is 3.33. The Morgan fingerprint density at radius 2 is 2.07 bits per heavy atom. The first-order valence-electron chi connectivity index (χ1n) is 7.68. The van der Waals surface area contributed by atoms with Crippen LogP contribution in [0.4, 0.5) is 18.9 Å². The number of amides is 1. The molecule has 2 rings (SSSR count). The number of hydrogen-bond donors (Lipinski definition) is 1. The Hall–Kier alpha value is -2.47. The number of hydrogen-bond acceptors (Lipinski definition) is 6. The van der Waals surface area contributed by atoms with Crippen molar-refractivity contribution in [1.82, 2.24) is 14.8 Å². The summed E-state index contributed by atoms with van der Waals surface area (Å²) in [5.41, 5.74) is -0.246. The summed E-state index contributed by atoms with van der Waals surface area (Å²) < 4.78 is 61.4. The topological polar surface area (TPSA) is 109 Å². The third kappa shape index (κ3) is 5.76. The largest absolute Gasteiger partial charge is 0.390 e. The van der Waals surface area contributed by atoms with Crippen molar-refractivity contribution in [3.8, 4) is 5.69 Å². The first kappa shape index (κ1) is 21.8. The molecule has 13 heteroatoms. The Kier molecular flexibility index (Phi) is 6.44. The van der Waals surface area contributed by atoms with Gasteiger partial charge in [0.15, 0.2) is 15.0 Å². The number of carbonyl (C=O) groups is 1. The van der Waals surface area contributed by atoms with Crippen LogP contribution in [0.1, 0.15) is 6.42 Å². The number of halogens is 4. The summed E-state index contributed by atoms with van der Waals surface area (Å²) in [5.74, 6) is -3.33. The van der Waals surface area contributed by atoms with Crippen LogP contribution < -0.4 is 4.90 Å². The van der Waals surface area contributed by atoms with Gasteiger partial charge in [-0.25, -0.2) is 13.1 Å². The summed E-state index contributed by atoms with van der Waals surface area (Å²) in [7, 11) is -3.03. The van der Waals surface area contributed by atoms with Crippen LogP contribution in [0.3, 0.4) is 0 Å². The van der Waals surface area contributed by atoms with E-state index in [1.165, 1.54) is 24.1 Å². The van der Waals surface area contributed by atoms with Crippen molar-refractivity contribution in [2.45, 2.75) is 12.6 Å².